The van der Waals surface area contributed by atoms with E-state index in [1.807, 2.05) is 0 Å². The Bertz CT molecular complexity index is 292. The molecule has 2 aliphatic rings. The predicted molar refractivity (Wildman–Crippen MR) is 71.3 cm³/mol. The van der Waals surface area contributed by atoms with Crippen molar-refractivity contribution in [1.82, 2.24) is 10.6 Å². The smallest absolute Gasteiger partial charge is 0.228 e. The Morgan fingerprint density at radius 3 is 2.72 bits per heavy atom. The molecule has 0 aromatic rings. The van der Waals surface area contributed by atoms with Gasteiger partial charge in [-0.05, 0) is 38.6 Å². The van der Waals surface area contributed by atoms with Gasteiger partial charge in [0.1, 0.15) is 0 Å². The Morgan fingerprint density at radius 2 is 2.22 bits per heavy atom. The van der Waals surface area contributed by atoms with Gasteiger partial charge in [0.2, 0.25) is 5.91 Å². The molecule has 0 aromatic carbocycles. The summed E-state index contributed by atoms with van der Waals surface area (Å²) in [5.74, 6) is 0.565. The Hall–Kier alpha value is -0.610. The van der Waals surface area contributed by atoms with Crippen molar-refractivity contribution in [2.45, 2.75) is 52.2 Å². The second-order valence-corrected chi connectivity index (χ2v) is 6.05. The first-order chi connectivity index (χ1) is 8.56. The molecule has 3 atom stereocenters. The van der Waals surface area contributed by atoms with Crippen molar-refractivity contribution in [3.63, 3.8) is 0 Å². The zero-order chi connectivity index (χ0) is 13.2. The fraction of sp³-hybridized carbons (Fsp3) is 0.929. The Morgan fingerprint density at radius 1 is 1.44 bits per heavy atom. The van der Waals surface area contributed by atoms with E-state index in [2.05, 4.69) is 31.4 Å². The fourth-order valence-electron chi connectivity index (χ4n) is 3.10. The number of nitrogens with one attached hydrogen (secondary N) is 2. The van der Waals surface area contributed by atoms with Gasteiger partial charge in [0, 0.05) is 13.2 Å². The van der Waals surface area contributed by atoms with Crippen molar-refractivity contribution in [2.75, 3.05) is 19.7 Å². The summed E-state index contributed by atoms with van der Waals surface area (Å²) >= 11 is 0. The number of hydrogen-bond donors (Lipinski definition) is 2. The standard InChI is InChI=1S/C14H26N2O2/c1-10(2)14(6-7-15-9-14)13(17)16-11(3)12-5-4-8-18-12/h10-12,15H,4-9H2,1-3H3,(H,16,17). The summed E-state index contributed by atoms with van der Waals surface area (Å²) in [7, 11) is 0. The summed E-state index contributed by atoms with van der Waals surface area (Å²) in [4.78, 5) is 12.6. The van der Waals surface area contributed by atoms with Gasteiger partial charge in [0.15, 0.2) is 0 Å². The molecule has 3 unspecified atom stereocenters. The third-order valence-corrected chi connectivity index (χ3v) is 4.63. The molecule has 2 aliphatic heterocycles. The van der Waals surface area contributed by atoms with E-state index in [-0.39, 0.29) is 23.5 Å². The van der Waals surface area contributed by atoms with Gasteiger partial charge in [-0.15, -0.1) is 0 Å². The monoisotopic (exact) mass is 254 g/mol. The molecule has 0 saturated carbocycles. The number of amides is 1. The number of hydrogen-bond acceptors (Lipinski definition) is 3. The van der Waals surface area contributed by atoms with Crippen LogP contribution in [0.15, 0.2) is 0 Å². The van der Waals surface area contributed by atoms with E-state index in [0.717, 1.165) is 39.0 Å². The van der Waals surface area contributed by atoms with Gasteiger partial charge in [0.25, 0.3) is 0 Å². The second-order valence-electron chi connectivity index (χ2n) is 6.05. The van der Waals surface area contributed by atoms with Crippen LogP contribution in [0.4, 0.5) is 0 Å². The van der Waals surface area contributed by atoms with E-state index in [1.54, 1.807) is 0 Å². The summed E-state index contributed by atoms with van der Waals surface area (Å²) in [6.07, 6.45) is 3.32. The zero-order valence-corrected chi connectivity index (χ0v) is 11.8. The highest BCUT2D eigenvalue weighted by molar-refractivity contribution is 5.83. The van der Waals surface area contributed by atoms with Gasteiger partial charge in [-0.25, -0.2) is 0 Å². The van der Waals surface area contributed by atoms with Gasteiger partial charge < -0.3 is 15.4 Å². The van der Waals surface area contributed by atoms with Crippen molar-refractivity contribution in [2.24, 2.45) is 11.3 Å². The van der Waals surface area contributed by atoms with Crippen molar-refractivity contribution in [1.29, 1.82) is 0 Å². The first-order valence-electron chi connectivity index (χ1n) is 7.19. The molecule has 0 aromatic heterocycles. The minimum absolute atomic E-state index is 0.122. The lowest BCUT2D eigenvalue weighted by atomic mass is 9.75. The van der Waals surface area contributed by atoms with E-state index >= 15 is 0 Å². The number of carbonyl (C=O) groups excluding carboxylic acids is 1. The molecule has 4 heteroatoms. The normalized spacial score (nSPS) is 33.9. The molecule has 2 saturated heterocycles. The maximum Gasteiger partial charge on any atom is 0.228 e. The highest BCUT2D eigenvalue weighted by Gasteiger charge is 2.44. The van der Waals surface area contributed by atoms with Crippen LogP contribution in [0.25, 0.3) is 0 Å². The van der Waals surface area contributed by atoms with Crippen LogP contribution < -0.4 is 10.6 Å². The summed E-state index contributed by atoms with van der Waals surface area (Å²) in [6, 6.07) is 0.122. The minimum Gasteiger partial charge on any atom is -0.376 e. The molecule has 2 fully saturated rings. The predicted octanol–water partition coefficient (Wildman–Crippen LogP) is 1.31. The fourth-order valence-corrected chi connectivity index (χ4v) is 3.10. The van der Waals surface area contributed by atoms with E-state index in [4.69, 9.17) is 4.74 Å². The SMILES string of the molecule is CC(NC(=O)C1(C(C)C)CCNC1)C1CCCO1. The van der Waals surface area contributed by atoms with Crippen LogP contribution >= 0.6 is 0 Å². The Labute approximate surface area is 110 Å². The van der Waals surface area contributed by atoms with Gasteiger partial charge in [-0.2, -0.15) is 0 Å². The summed E-state index contributed by atoms with van der Waals surface area (Å²) in [5, 5.41) is 6.51. The topological polar surface area (TPSA) is 50.4 Å². The van der Waals surface area contributed by atoms with E-state index in [9.17, 15) is 4.79 Å². The first kappa shape index (κ1) is 13.8. The molecule has 2 rings (SSSR count). The average Bonchev–Trinajstić information content (AvgIpc) is 3.01. The maximum atomic E-state index is 12.6. The lowest BCUT2D eigenvalue weighted by Gasteiger charge is -2.33. The van der Waals surface area contributed by atoms with Crippen LogP contribution in [0.3, 0.4) is 0 Å². The molecule has 1 amide bonds. The molecule has 4 nitrogen and oxygen atoms in total. The molecule has 0 radical (unpaired) electrons. The van der Waals surface area contributed by atoms with E-state index < -0.39 is 0 Å². The van der Waals surface area contributed by atoms with Crippen LogP contribution in [-0.4, -0.2) is 37.7 Å². The quantitative estimate of drug-likeness (QED) is 0.795. The summed E-state index contributed by atoms with van der Waals surface area (Å²) in [6.45, 7) is 8.92. The third-order valence-electron chi connectivity index (χ3n) is 4.63. The molecule has 0 bridgehead atoms. The number of ether oxygens (including phenoxy) is 1. The van der Waals surface area contributed by atoms with Gasteiger partial charge in [-0.1, -0.05) is 13.8 Å². The minimum atomic E-state index is -0.229. The maximum absolute atomic E-state index is 12.6. The van der Waals surface area contributed by atoms with Crippen LogP contribution in [0.5, 0.6) is 0 Å². The van der Waals surface area contributed by atoms with Crippen LogP contribution in [0.2, 0.25) is 0 Å². The van der Waals surface area contributed by atoms with Gasteiger partial charge in [-0.3, -0.25) is 4.79 Å². The van der Waals surface area contributed by atoms with E-state index in [0.29, 0.717) is 5.92 Å². The summed E-state index contributed by atoms with van der Waals surface area (Å²) in [5.41, 5.74) is -0.229. The zero-order valence-electron chi connectivity index (χ0n) is 11.8. The molecular weight excluding hydrogens is 228 g/mol. The summed E-state index contributed by atoms with van der Waals surface area (Å²) < 4.78 is 5.64. The van der Waals surface area contributed by atoms with Crippen LogP contribution in [0, 0.1) is 11.3 Å². The lowest BCUT2D eigenvalue weighted by Crippen LogP contribution is -2.51. The molecule has 2 N–H and O–H groups in total. The largest absolute Gasteiger partial charge is 0.376 e. The lowest BCUT2D eigenvalue weighted by molar-refractivity contribution is -0.134. The van der Waals surface area contributed by atoms with Crippen LogP contribution in [-0.2, 0) is 9.53 Å². The highest BCUT2D eigenvalue weighted by atomic mass is 16.5. The molecule has 104 valence electrons. The third kappa shape index (κ3) is 2.54. The molecule has 18 heavy (non-hydrogen) atoms. The number of carbonyl (C=O) groups is 1. The molecule has 0 aliphatic carbocycles. The van der Waals surface area contributed by atoms with Crippen molar-refractivity contribution in [3.8, 4) is 0 Å². The molecule has 2 heterocycles. The van der Waals surface area contributed by atoms with Gasteiger partial charge in [0.05, 0.1) is 17.6 Å². The molecule has 0 spiro atoms. The second kappa shape index (κ2) is 5.57. The average molecular weight is 254 g/mol. The Balaban J connectivity index is 1.97. The van der Waals surface area contributed by atoms with Crippen molar-refractivity contribution >= 4 is 5.91 Å². The van der Waals surface area contributed by atoms with E-state index in [1.165, 1.54) is 0 Å². The highest BCUT2D eigenvalue weighted by Crippen LogP contribution is 2.34. The van der Waals surface area contributed by atoms with Crippen LogP contribution in [0.1, 0.15) is 40.0 Å². The molecular formula is C14H26N2O2. The number of rotatable bonds is 4. The van der Waals surface area contributed by atoms with Crippen molar-refractivity contribution < 1.29 is 9.53 Å². The van der Waals surface area contributed by atoms with Crippen molar-refractivity contribution in [3.05, 3.63) is 0 Å². The van der Waals surface area contributed by atoms with Gasteiger partial charge >= 0.3 is 0 Å². The first-order valence-corrected chi connectivity index (χ1v) is 7.19. The Kier molecular flexibility index (Phi) is 4.28.